The van der Waals surface area contributed by atoms with Gasteiger partial charge in [-0.05, 0) is 12.1 Å². The van der Waals surface area contributed by atoms with Crippen molar-refractivity contribution in [2.24, 2.45) is 0 Å². The van der Waals surface area contributed by atoms with Crippen molar-refractivity contribution in [2.45, 2.75) is 6.18 Å². The fourth-order valence-electron chi connectivity index (χ4n) is 2.30. The molecule has 0 radical (unpaired) electrons. The zero-order chi connectivity index (χ0) is 17.6. The Morgan fingerprint density at radius 1 is 1.25 bits per heavy atom. The van der Waals surface area contributed by atoms with Gasteiger partial charge in [-0.2, -0.15) is 13.2 Å². The molecule has 1 N–H and O–H groups in total. The van der Waals surface area contributed by atoms with Crippen molar-refractivity contribution >= 4 is 23.2 Å². The van der Waals surface area contributed by atoms with Crippen LogP contribution in [0.25, 0.3) is 16.8 Å². The van der Waals surface area contributed by atoms with Crippen molar-refractivity contribution in [1.29, 1.82) is 0 Å². The highest BCUT2D eigenvalue weighted by Crippen LogP contribution is 2.37. The molecule has 1 aromatic carbocycles. The number of aromatic carboxylic acids is 1. The molecule has 2 heterocycles. The number of aromatic nitrogens is 2. The predicted octanol–water partition coefficient (Wildman–Crippen LogP) is 4.51. The lowest BCUT2D eigenvalue weighted by atomic mass is 10.0. The number of hydrogen-bond donors (Lipinski definition) is 1. The molecule has 2 aromatic heterocycles. The van der Waals surface area contributed by atoms with E-state index < -0.39 is 40.0 Å². The molecule has 0 aliphatic rings. The minimum Gasteiger partial charge on any atom is -0.476 e. The van der Waals surface area contributed by atoms with E-state index in [9.17, 15) is 22.4 Å². The summed E-state index contributed by atoms with van der Waals surface area (Å²) < 4.78 is 54.6. The van der Waals surface area contributed by atoms with Crippen molar-refractivity contribution < 1.29 is 27.5 Å². The van der Waals surface area contributed by atoms with Crippen LogP contribution in [-0.4, -0.2) is 20.5 Å². The van der Waals surface area contributed by atoms with Crippen LogP contribution in [0.5, 0.6) is 0 Å². The second-order valence-corrected chi connectivity index (χ2v) is 5.23. The Bertz CT molecular complexity index is 966. The summed E-state index contributed by atoms with van der Waals surface area (Å²) in [6, 6.07) is 5.98. The number of pyridine rings is 1. The van der Waals surface area contributed by atoms with Crippen LogP contribution in [0.1, 0.15) is 16.1 Å². The topological polar surface area (TPSA) is 54.6 Å². The summed E-state index contributed by atoms with van der Waals surface area (Å²) in [5.41, 5.74) is -2.77. The van der Waals surface area contributed by atoms with Gasteiger partial charge in [0, 0.05) is 17.3 Å². The average molecular weight is 359 g/mol. The molecule has 0 unspecified atom stereocenters. The van der Waals surface area contributed by atoms with E-state index in [0.717, 1.165) is 16.7 Å². The zero-order valence-electron chi connectivity index (χ0n) is 11.6. The van der Waals surface area contributed by atoms with Gasteiger partial charge in [0.05, 0.1) is 5.56 Å². The average Bonchev–Trinajstić information content (AvgIpc) is 2.83. The molecule has 4 nitrogen and oxygen atoms in total. The van der Waals surface area contributed by atoms with Gasteiger partial charge < -0.3 is 5.11 Å². The molecule has 9 heteroatoms. The SMILES string of the molecule is O=C(O)c1nc2c(C(F)(F)F)cc(-c3ccccc3F)cn2c1Cl. The zero-order valence-corrected chi connectivity index (χ0v) is 12.4. The molecule has 0 bridgehead atoms. The summed E-state index contributed by atoms with van der Waals surface area (Å²) in [5.74, 6) is -2.29. The first-order chi connectivity index (χ1) is 11.2. The lowest BCUT2D eigenvalue weighted by Gasteiger charge is -2.12. The summed E-state index contributed by atoms with van der Waals surface area (Å²) in [7, 11) is 0. The molecular weight excluding hydrogens is 352 g/mol. The minimum absolute atomic E-state index is 0.0773. The van der Waals surface area contributed by atoms with Crippen molar-refractivity contribution in [3.05, 3.63) is 58.8 Å². The first-order valence-corrected chi connectivity index (χ1v) is 6.85. The Kier molecular flexibility index (Phi) is 3.71. The molecule has 0 atom stereocenters. The van der Waals surface area contributed by atoms with E-state index in [1.165, 1.54) is 18.2 Å². The summed E-state index contributed by atoms with van der Waals surface area (Å²) >= 11 is 5.83. The monoisotopic (exact) mass is 358 g/mol. The second kappa shape index (κ2) is 5.48. The van der Waals surface area contributed by atoms with Crippen molar-refractivity contribution in [3.8, 4) is 11.1 Å². The van der Waals surface area contributed by atoms with E-state index in [1.807, 2.05) is 0 Å². The molecule has 3 rings (SSSR count). The number of carbonyl (C=O) groups is 1. The number of alkyl halides is 3. The van der Waals surface area contributed by atoms with Gasteiger partial charge in [0.25, 0.3) is 0 Å². The van der Waals surface area contributed by atoms with E-state index in [2.05, 4.69) is 4.98 Å². The van der Waals surface area contributed by atoms with Gasteiger partial charge >= 0.3 is 12.1 Å². The number of rotatable bonds is 2. The highest BCUT2D eigenvalue weighted by Gasteiger charge is 2.36. The Balaban J connectivity index is 2.40. The third-order valence-electron chi connectivity index (χ3n) is 3.35. The van der Waals surface area contributed by atoms with E-state index in [1.54, 1.807) is 0 Å². The number of benzene rings is 1. The molecule has 0 saturated heterocycles. The van der Waals surface area contributed by atoms with Crippen LogP contribution >= 0.6 is 11.6 Å². The van der Waals surface area contributed by atoms with Gasteiger partial charge in [-0.15, -0.1) is 0 Å². The van der Waals surface area contributed by atoms with Gasteiger partial charge in [0.2, 0.25) is 0 Å². The Labute approximate surface area is 136 Å². The smallest absolute Gasteiger partial charge is 0.420 e. The molecule has 0 spiro atoms. The van der Waals surface area contributed by atoms with E-state index in [-0.39, 0.29) is 11.1 Å². The third-order valence-corrected chi connectivity index (χ3v) is 3.72. The van der Waals surface area contributed by atoms with E-state index in [4.69, 9.17) is 16.7 Å². The van der Waals surface area contributed by atoms with Crippen LogP contribution < -0.4 is 0 Å². The molecule has 3 aromatic rings. The van der Waals surface area contributed by atoms with Crippen molar-refractivity contribution in [1.82, 2.24) is 9.38 Å². The lowest BCUT2D eigenvalue weighted by molar-refractivity contribution is -0.136. The fourth-order valence-corrected chi connectivity index (χ4v) is 2.56. The van der Waals surface area contributed by atoms with Gasteiger partial charge in [0.1, 0.15) is 11.0 Å². The molecule has 0 fully saturated rings. The number of fused-ring (bicyclic) bond motifs is 1. The second-order valence-electron chi connectivity index (χ2n) is 4.87. The summed E-state index contributed by atoms with van der Waals surface area (Å²) in [6.07, 6.45) is -3.71. The third kappa shape index (κ3) is 2.58. The van der Waals surface area contributed by atoms with Crippen molar-refractivity contribution in [2.75, 3.05) is 0 Å². The van der Waals surface area contributed by atoms with Crippen LogP contribution in [-0.2, 0) is 6.18 Å². The molecule has 124 valence electrons. The molecular formula is C15H7ClF4N2O2. The number of carboxylic acids is 1. The normalized spacial score (nSPS) is 11.9. The Morgan fingerprint density at radius 3 is 2.50 bits per heavy atom. The summed E-state index contributed by atoms with van der Waals surface area (Å²) in [5, 5.41) is 8.49. The van der Waals surface area contributed by atoms with Gasteiger partial charge in [0.15, 0.2) is 11.3 Å². The Hall–Kier alpha value is -2.61. The van der Waals surface area contributed by atoms with Gasteiger partial charge in [-0.3, -0.25) is 4.40 Å². The predicted molar refractivity (Wildman–Crippen MR) is 77.6 cm³/mol. The number of hydrogen-bond acceptors (Lipinski definition) is 2. The molecule has 0 amide bonds. The highest BCUT2D eigenvalue weighted by molar-refractivity contribution is 6.32. The van der Waals surface area contributed by atoms with Gasteiger partial charge in [-0.1, -0.05) is 29.8 Å². The van der Waals surface area contributed by atoms with Gasteiger partial charge in [-0.25, -0.2) is 14.2 Å². The van der Waals surface area contributed by atoms with E-state index in [0.29, 0.717) is 6.07 Å². The minimum atomic E-state index is -4.83. The fraction of sp³-hybridized carbons (Fsp3) is 0.0667. The maximum absolute atomic E-state index is 13.9. The van der Waals surface area contributed by atoms with Crippen molar-refractivity contribution in [3.63, 3.8) is 0 Å². The largest absolute Gasteiger partial charge is 0.476 e. The first-order valence-electron chi connectivity index (χ1n) is 6.47. The molecule has 0 saturated carbocycles. The van der Waals surface area contributed by atoms with Crippen LogP contribution in [0, 0.1) is 5.82 Å². The summed E-state index contributed by atoms with van der Waals surface area (Å²) in [6.45, 7) is 0. The highest BCUT2D eigenvalue weighted by atomic mass is 35.5. The number of halogens is 5. The van der Waals surface area contributed by atoms with Crippen LogP contribution in [0.2, 0.25) is 5.15 Å². The standard InChI is InChI=1S/C15H7ClF4N2O2/c16-12-11(14(23)24)21-13-9(15(18,19)20)5-7(6-22(12)13)8-3-1-2-4-10(8)17/h1-6H,(H,23,24). The van der Waals surface area contributed by atoms with Crippen LogP contribution in [0.15, 0.2) is 36.5 Å². The lowest BCUT2D eigenvalue weighted by Crippen LogP contribution is -2.08. The van der Waals surface area contributed by atoms with E-state index >= 15 is 0 Å². The maximum atomic E-state index is 13.9. The van der Waals surface area contributed by atoms with Crippen LogP contribution in [0.4, 0.5) is 17.6 Å². The number of imidazole rings is 1. The molecule has 0 aliphatic heterocycles. The summed E-state index contributed by atoms with van der Waals surface area (Å²) in [4.78, 5) is 14.5. The Morgan fingerprint density at radius 2 is 1.92 bits per heavy atom. The van der Waals surface area contributed by atoms with Crippen LogP contribution in [0.3, 0.4) is 0 Å². The maximum Gasteiger partial charge on any atom is 0.420 e. The number of carboxylic acid groups (broad SMARTS) is 1. The number of nitrogens with zero attached hydrogens (tertiary/aromatic N) is 2. The first kappa shape index (κ1) is 16.3. The molecule has 0 aliphatic carbocycles. The molecule has 24 heavy (non-hydrogen) atoms. The quantitative estimate of drug-likeness (QED) is 0.686.